The molecule has 0 fully saturated rings. The van der Waals surface area contributed by atoms with Gasteiger partial charge in [-0.05, 0) is 28.5 Å². The number of thiophene rings is 1. The van der Waals surface area contributed by atoms with Gasteiger partial charge in [-0.15, -0.1) is 0 Å². The molecule has 0 atom stereocenters. The van der Waals surface area contributed by atoms with Crippen molar-refractivity contribution in [3.05, 3.63) is 34.7 Å². The van der Waals surface area contributed by atoms with E-state index < -0.39 is 0 Å². The predicted octanol–water partition coefficient (Wildman–Crippen LogP) is 1.60. The molecule has 0 aliphatic carbocycles. The fourth-order valence-electron chi connectivity index (χ4n) is 1.71. The van der Waals surface area contributed by atoms with Gasteiger partial charge in [0.1, 0.15) is 5.82 Å². The number of nitrogens with zero attached hydrogens (tertiary/aromatic N) is 4. The Bertz CT molecular complexity index is 501. The van der Waals surface area contributed by atoms with Crippen LogP contribution in [-0.4, -0.2) is 42.3 Å². The number of anilines is 2. The van der Waals surface area contributed by atoms with Crippen LogP contribution in [0.5, 0.6) is 0 Å². The van der Waals surface area contributed by atoms with Gasteiger partial charge in [0.05, 0.1) is 6.61 Å². The third-order valence-corrected chi connectivity index (χ3v) is 3.42. The van der Waals surface area contributed by atoms with Crippen molar-refractivity contribution >= 4 is 23.1 Å². The van der Waals surface area contributed by atoms with Gasteiger partial charge in [-0.3, -0.25) is 0 Å². The summed E-state index contributed by atoms with van der Waals surface area (Å²) in [5.41, 5.74) is 1.21. The Labute approximate surface area is 117 Å². The van der Waals surface area contributed by atoms with Crippen molar-refractivity contribution in [2.45, 2.75) is 6.54 Å². The average Bonchev–Trinajstić information content (AvgIpc) is 2.91. The Kier molecular flexibility index (Phi) is 4.70. The predicted molar refractivity (Wildman–Crippen MR) is 78.8 cm³/mol. The van der Waals surface area contributed by atoms with Gasteiger partial charge in [0.15, 0.2) is 0 Å². The van der Waals surface area contributed by atoms with Gasteiger partial charge in [-0.2, -0.15) is 16.3 Å². The van der Waals surface area contributed by atoms with Gasteiger partial charge in [-0.1, -0.05) is 0 Å². The molecule has 2 aromatic heterocycles. The third-order valence-electron chi connectivity index (χ3n) is 2.69. The molecular formula is C13H18N4OS. The molecule has 0 aliphatic heterocycles. The molecule has 0 bridgehead atoms. The molecule has 2 heterocycles. The van der Waals surface area contributed by atoms with Crippen molar-refractivity contribution in [1.82, 2.24) is 9.97 Å². The second kappa shape index (κ2) is 6.49. The number of hydrogen-bond donors (Lipinski definition) is 1. The lowest BCUT2D eigenvalue weighted by Gasteiger charge is -2.22. The summed E-state index contributed by atoms with van der Waals surface area (Å²) in [7, 11) is 3.89. The summed E-state index contributed by atoms with van der Waals surface area (Å²) in [5, 5.41) is 13.3. The van der Waals surface area contributed by atoms with Crippen LogP contribution in [0.25, 0.3) is 0 Å². The molecule has 0 radical (unpaired) electrons. The van der Waals surface area contributed by atoms with Gasteiger partial charge in [0.25, 0.3) is 0 Å². The Morgan fingerprint density at radius 2 is 2.16 bits per heavy atom. The second-order valence-corrected chi connectivity index (χ2v) is 5.17. The van der Waals surface area contributed by atoms with E-state index in [1.807, 2.05) is 35.3 Å². The lowest BCUT2D eigenvalue weighted by molar-refractivity contribution is 0.301. The molecule has 0 saturated carbocycles. The summed E-state index contributed by atoms with van der Waals surface area (Å²) >= 11 is 1.66. The highest BCUT2D eigenvalue weighted by Gasteiger charge is 2.11. The summed E-state index contributed by atoms with van der Waals surface area (Å²) in [6.07, 6.45) is 1.75. The first-order valence-electron chi connectivity index (χ1n) is 6.08. The molecule has 102 valence electrons. The summed E-state index contributed by atoms with van der Waals surface area (Å²) in [4.78, 5) is 12.7. The zero-order chi connectivity index (χ0) is 13.7. The van der Waals surface area contributed by atoms with Gasteiger partial charge < -0.3 is 14.9 Å². The average molecular weight is 278 g/mol. The quantitative estimate of drug-likeness (QED) is 0.870. The molecule has 2 aromatic rings. The van der Waals surface area contributed by atoms with Crippen molar-refractivity contribution in [3.63, 3.8) is 0 Å². The minimum absolute atomic E-state index is 0.0830. The van der Waals surface area contributed by atoms with E-state index in [0.717, 1.165) is 5.82 Å². The van der Waals surface area contributed by atoms with E-state index in [1.54, 1.807) is 17.5 Å². The van der Waals surface area contributed by atoms with Crippen molar-refractivity contribution in [3.8, 4) is 0 Å². The molecule has 6 heteroatoms. The highest BCUT2D eigenvalue weighted by atomic mass is 32.1. The molecule has 5 nitrogen and oxygen atoms in total. The molecule has 0 amide bonds. The van der Waals surface area contributed by atoms with Gasteiger partial charge in [0.2, 0.25) is 5.95 Å². The summed E-state index contributed by atoms with van der Waals surface area (Å²) in [6, 6.07) is 3.94. The van der Waals surface area contributed by atoms with Crippen molar-refractivity contribution in [2.24, 2.45) is 0 Å². The van der Waals surface area contributed by atoms with Crippen LogP contribution in [0.3, 0.4) is 0 Å². The Morgan fingerprint density at radius 3 is 2.79 bits per heavy atom. The van der Waals surface area contributed by atoms with Gasteiger partial charge in [0, 0.05) is 33.4 Å². The van der Waals surface area contributed by atoms with E-state index in [9.17, 15) is 5.11 Å². The standard InChI is InChI=1S/C13H18N4OS/c1-16(2)12-3-5-14-13(15-12)17(6-7-18)9-11-4-8-19-10-11/h3-5,8,10,18H,6-7,9H2,1-2H3. The normalized spacial score (nSPS) is 10.5. The first-order valence-corrected chi connectivity index (χ1v) is 7.02. The molecule has 2 rings (SSSR count). The van der Waals surface area contributed by atoms with Crippen LogP contribution in [-0.2, 0) is 6.54 Å². The Morgan fingerprint density at radius 1 is 1.32 bits per heavy atom. The monoisotopic (exact) mass is 278 g/mol. The third kappa shape index (κ3) is 3.65. The van der Waals surface area contributed by atoms with E-state index in [4.69, 9.17) is 0 Å². The summed E-state index contributed by atoms with van der Waals surface area (Å²) < 4.78 is 0. The molecule has 0 aliphatic rings. The molecule has 0 saturated heterocycles. The van der Waals surface area contributed by atoms with Crippen LogP contribution in [0, 0.1) is 0 Å². The molecule has 1 N–H and O–H groups in total. The van der Waals surface area contributed by atoms with E-state index in [1.165, 1.54) is 5.56 Å². The van der Waals surface area contributed by atoms with Crippen LogP contribution >= 0.6 is 11.3 Å². The SMILES string of the molecule is CN(C)c1ccnc(N(CCO)Cc2ccsc2)n1. The molecule has 0 aromatic carbocycles. The van der Waals surface area contributed by atoms with Crippen LogP contribution in [0.2, 0.25) is 0 Å². The molecule has 0 spiro atoms. The number of aliphatic hydroxyl groups excluding tert-OH is 1. The maximum atomic E-state index is 9.20. The zero-order valence-corrected chi connectivity index (χ0v) is 12.0. The van der Waals surface area contributed by atoms with Crippen LogP contribution < -0.4 is 9.80 Å². The molecule has 0 unspecified atom stereocenters. The number of hydrogen-bond acceptors (Lipinski definition) is 6. The maximum absolute atomic E-state index is 9.20. The number of aromatic nitrogens is 2. The Balaban J connectivity index is 2.20. The summed E-state index contributed by atoms with van der Waals surface area (Å²) in [6.45, 7) is 1.31. The fraction of sp³-hybridized carbons (Fsp3) is 0.385. The minimum atomic E-state index is 0.0830. The van der Waals surface area contributed by atoms with E-state index >= 15 is 0 Å². The smallest absolute Gasteiger partial charge is 0.227 e. The minimum Gasteiger partial charge on any atom is -0.395 e. The van der Waals surface area contributed by atoms with E-state index in [0.29, 0.717) is 19.0 Å². The van der Waals surface area contributed by atoms with Gasteiger partial charge >= 0.3 is 0 Å². The van der Waals surface area contributed by atoms with Crippen molar-refractivity contribution in [1.29, 1.82) is 0 Å². The number of aliphatic hydroxyl groups is 1. The second-order valence-electron chi connectivity index (χ2n) is 4.39. The maximum Gasteiger partial charge on any atom is 0.227 e. The van der Waals surface area contributed by atoms with Crippen LogP contribution in [0.4, 0.5) is 11.8 Å². The van der Waals surface area contributed by atoms with E-state index in [2.05, 4.69) is 21.4 Å². The molecular weight excluding hydrogens is 260 g/mol. The van der Waals surface area contributed by atoms with Crippen molar-refractivity contribution < 1.29 is 5.11 Å². The van der Waals surface area contributed by atoms with Crippen molar-refractivity contribution in [2.75, 3.05) is 37.0 Å². The lowest BCUT2D eigenvalue weighted by atomic mass is 10.3. The summed E-state index contributed by atoms with van der Waals surface area (Å²) in [5.74, 6) is 1.50. The van der Waals surface area contributed by atoms with Gasteiger partial charge in [-0.25, -0.2) is 4.98 Å². The first kappa shape index (κ1) is 13.8. The molecule has 19 heavy (non-hydrogen) atoms. The van der Waals surface area contributed by atoms with Crippen LogP contribution in [0.1, 0.15) is 5.56 Å². The highest BCUT2D eigenvalue weighted by Crippen LogP contribution is 2.16. The van der Waals surface area contributed by atoms with Crippen LogP contribution in [0.15, 0.2) is 29.1 Å². The first-order chi connectivity index (χ1) is 9.20. The zero-order valence-electron chi connectivity index (χ0n) is 11.2. The topological polar surface area (TPSA) is 52.5 Å². The van der Waals surface area contributed by atoms with E-state index in [-0.39, 0.29) is 6.61 Å². The Hall–Kier alpha value is -1.66. The largest absolute Gasteiger partial charge is 0.395 e. The number of rotatable bonds is 6. The fourth-order valence-corrected chi connectivity index (χ4v) is 2.37. The highest BCUT2D eigenvalue weighted by molar-refractivity contribution is 7.07. The lowest BCUT2D eigenvalue weighted by Crippen LogP contribution is -2.28.